The molecule has 0 radical (unpaired) electrons. The molecule has 0 aliphatic rings. The Hall–Kier alpha value is -2.83. The van der Waals surface area contributed by atoms with E-state index in [1.807, 2.05) is 13.8 Å². The standard InChI is InChI=1S/C16H19N3O4/c1-9(2)12-8-13(19(3)18-12)15(20)17-11-6-5-10(16(21)22)7-14(11)23-4/h5-9H,1-4H3,(H,17,20)(H,21,22). The van der Waals surface area contributed by atoms with Crippen LogP contribution >= 0.6 is 0 Å². The minimum Gasteiger partial charge on any atom is -0.495 e. The lowest BCUT2D eigenvalue weighted by atomic mass is 10.1. The first-order valence-electron chi connectivity index (χ1n) is 7.10. The number of carboxylic acids is 1. The van der Waals surface area contributed by atoms with Crippen LogP contribution in [-0.4, -0.2) is 33.9 Å². The quantitative estimate of drug-likeness (QED) is 0.883. The lowest BCUT2D eigenvalue weighted by molar-refractivity contribution is 0.0696. The Kier molecular flexibility index (Phi) is 4.68. The van der Waals surface area contributed by atoms with Gasteiger partial charge >= 0.3 is 5.97 Å². The van der Waals surface area contributed by atoms with Gasteiger partial charge in [0.25, 0.3) is 5.91 Å². The van der Waals surface area contributed by atoms with Crippen molar-refractivity contribution in [2.75, 3.05) is 12.4 Å². The third-order valence-electron chi connectivity index (χ3n) is 3.42. The fourth-order valence-electron chi connectivity index (χ4n) is 2.10. The number of benzene rings is 1. The van der Waals surface area contributed by atoms with Crippen LogP contribution in [0, 0.1) is 0 Å². The Labute approximate surface area is 133 Å². The second-order valence-corrected chi connectivity index (χ2v) is 5.41. The zero-order valence-corrected chi connectivity index (χ0v) is 13.5. The lowest BCUT2D eigenvalue weighted by Crippen LogP contribution is -2.16. The monoisotopic (exact) mass is 317 g/mol. The molecule has 7 heteroatoms. The van der Waals surface area contributed by atoms with E-state index in [1.54, 1.807) is 13.1 Å². The van der Waals surface area contributed by atoms with E-state index >= 15 is 0 Å². The summed E-state index contributed by atoms with van der Waals surface area (Å²) in [7, 11) is 3.11. The van der Waals surface area contributed by atoms with Crippen LogP contribution in [0.1, 0.15) is 46.3 Å². The van der Waals surface area contributed by atoms with Gasteiger partial charge in [-0.2, -0.15) is 5.10 Å². The molecule has 0 saturated heterocycles. The maximum atomic E-state index is 12.4. The normalized spacial score (nSPS) is 10.7. The topological polar surface area (TPSA) is 93.4 Å². The summed E-state index contributed by atoms with van der Waals surface area (Å²) >= 11 is 0. The van der Waals surface area contributed by atoms with Gasteiger partial charge in [-0.1, -0.05) is 13.8 Å². The molecule has 1 amide bonds. The van der Waals surface area contributed by atoms with Crippen molar-refractivity contribution < 1.29 is 19.4 Å². The number of carbonyl (C=O) groups excluding carboxylic acids is 1. The summed E-state index contributed by atoms with van der Waals surface area (Å²) in [6.07, 6.45) is 0. The Balaban J connectivity index is 2.28. The van der Waals surface area contributed by atoms with Crippen molar-refractivity contribution in [3.8, 4) is 5.75 Å². The highest BCUT2D eigenvalue weighted by Crippen LogP contribution is 2.26. The Morgan fingerprint density at radius 3 is 2.52 bits per heavy atom. The number of ether oxygens (including phenoxy) is 1. The molecule has 2 aromatic rings. The molecule has 0 atom stereocenters. The summed E-state index contributed by atoms with van der Waals surface area (Å²) in [6.45, 7) is 4.00. The maximum Gasteiger partial charge on any atom is 0.335 e. The van der Waals surface area contributed by atoms with E-state index < -0.39 is 5.97 Å². The van der Waals surface area contributed by atoms with Crippen molar-refractivity contribution in [3.05, 3.63) is 41.2 Å². The van der Waals surface area contributed by atoms with Gasteiger partial charge in [-0.3, -0.25) is 9.48 Å². The van der Waals surface area contributed by atoms with Crippen molar-refractivity contribution in [3.63, 3.8) is 0 Å². The summed E-state index contributed by atoms with van der Waals surface area (Å²) in [6, 6.07) is 6.00. The zero-order chi connectivity index (χ0) is 17.1. The minimum atomic E-state index is -1.06. The van der Waals surface area contributed by atoms with Crippen LogP contribution in [0.15, 0.2) is 24.3 Å². The molecule has 0 bridgehead atoms. The third kappa shape index (κ3) is 3.50. The molecular weight excluding hydrogens is 298 g/mol. The highest BCUT2D eigenvalue weighted by molar-refractivity contribution is 6.04. The van der Waals surface area contributed by atoms with Crippen molar-refractivity contribution >= 4 is 17.6 Å². The number of aromatic carboxylic acids is 1. The van der Waals surface area contributed by atoms with Crippen LogP contribution < -0.4 is 10.1 Å². The number of aromatic nitrogens is 2. The molecule has 0 saturated carbocycles. The molecular formula is C16H19N3O4. The molecule has 1 aromatic carbocycles. The van der Waals surface area contributed by atoms with Crippen LogP contribution in [0.2, 0.25) is 0 Å². The average molecular weight is 317 g/mol. The molecule has 0 aliphatic carbocycles. The van der Waals surface area contributed by atoms with Gasteiger partial charge in [-0.05, 0) is 30.2 Å². The molecule has 1 heterocycles. The second-order valence-electron chi connectivity index (χ2n) is 5.41. The third-order valence-corrected chi connectivity index (χ3v) is 3.42. The average Bonchev–Trinajstić information content (AvgIpc) is 2.89. The number of hydrogen-bond acceptors (Lipinski definition) is 4. The molecule has 2 N–H and O–H groups in total. The number of carboxylic acid groups (broad SMARTS) is 1. The van der Waals surface area contributed by atoms with Gasteiger partial charge in [0.2, 0.25) is 0 Å². The fourth-order valence-corrected chi connectivity index (χ4v) is 2.10. The van der Waals surface area contributed by atoms with Crippen LogP contribution in [-0.2, 0) is 7.05 Å². The van der Waals surface area contributed by atoms with Gasteiger partial charge in [0.05, 0.1) is 24.1 Å². The van der Waals surface area contributed by atoms with E-state index in [0.717, 1.165) is 5.69 Å². The smallest absolute Gasteiger partial charge is 0.335 e. The summed E-state index contributed by atoms with van der Waals surface area (Å²) < 4.78 is 6.66. The number of anilines is 1. The molecule has 2 rings (SSSR count). The zero-order valence-electron chi connectivity index (χ0n) is 13.5. The van der Waals surface area contributed by atoms with Crippen LogP contribution in [0.25, 0.3) is 0 Å². The fraction of sp³-hybridized carbons (Fsp3) is 0.312. The SMILES string of the molecule is COc1cc(C(=O)O)ccc1NC(=O)c1cc(C(C)C)nn1C. The van der Waals surface area contributed by atoms with Gasteiger partial charge in [-0.15, -0.1) is 0 Å². The number of rotatable bonds is 5. The lowest BCUT2D eigenvalue weighted by Gasteiger charge is -2.11. The predicted octanol–water partition coefficient (Wildman–Crippen LogP) is 2.50. The number of nitrogens with one attached hydrogen (secondary N) is 1. The first-order chi connectivity index (χ1) is 10.8. The van der Waals surface area contributed by atoms with Crippen molar-refractivity contribution in [2.24, 2.45) is 7.05 Å². The Bertz CT molecular complexity index is 750. The van der Waals surface area contributed by atoms with Gasteiger partial charge in [0.1, 0.15) is 11.4 Å². The molecule has 0 unspecified atom stereocenters. The second kappa shape index (κ2) is 6.51. The van der Waals surface area contributed by atoms with Gasteiger partial charge < -0.3 is 15.2 Å². The number of carbonyl (C=O) groups is 2. The van der Waals surface area contributed by atoms with E-state index in [2.05, 4.69) is 10.4 Å². The van der Waals surface area contributed by atoms with Crippen LogP contribution in [0.5, 0.6) is 5.75 Å². The number of hydrogen-bond donors (Lipinski definition) is 2. The van der Waals surface area contributed by atoms with E-state index in [-0.39, 0.29) is 23.1 Å². The number of aryl methyl sites for hydroxylation is 1. The van der Waals surface area contributed by atoms with Gasteiger partial charge in [0, 0.05) is 7.05 Å². The summed E-state index contributed by atoms with van der Waals surface area (Å²) in [5.74, 6) is -0.903. The first-order valence-corrected chi connectivity index (χ1v) is 7.10. The Morgan fingerprint density at radius 2 is 2.00 bits per heavy atom. The largest absolute Gasteiger partial charge is 0.495 e. The molecule has 7 nitrogen and oxygen atoms in total. The Morgan fingerprint density at radius 1 is 1.30 bits per heavy atom. The highest BCUT2D eigenvalue weighted by Gasteiger charge is 2.17. The van der Waals surface area contributed by atoms with Gasteiger partial charge in [-0.25, -0.2) is 4.79 Å². The van der Waals surface area contributed by atoms with Crippen molar-refractivity contribution in [1.82, 2.24) is 9.78 Å². The first kappa shape index (κ1) is 16.5. The summed E-state index contributed by atoms with van der Waals surface area (Å²) in [4.78, 5) is 23.4. The van der Waals surface area contributed by atoms with Crippen LogP contribution in [0.3, 0.4) is 0 Å². The van der Waals surface area contributed by atoms with Crippen molar-refractivity contribution in [1.29, 1.82) is 0 Å². The molecule has 0 spiro atoms. The maximum absolute atomic E-state index is 12.4. The van der Waals surface area contributed by atoms with E-state index in [0.29, 0.717) is 11.4 Å². The van der Waals surface area contributed by atoms with E-state index in [4.69, 9.17) is 9.84 Å². The summed E-state index contributed by atoms with van der Waals surface area (Å²) in [5.41, 5.74) is 1.72. The van der Waals surface area contributed by atoms with Gasteiger partial charge in [0.15, 0.2) is 0 Å². The molecule has 0 fully saturated rings. The molecule has 0 aliphatic heterocycles. The minimum absolute atomic E-state index is 0.0856. The number of amides is 1. The molecule has 1 aromatic heterocycles. The predicted molar refractivity (Wildman–Crippen MR) is 85.2 cm³/mol. The van der Waals surface area contributed by atoms with E-state index in [9.17, 15) is 9.59 Å². The number of methoxy groups -OCH3 is 1. The molecule has 122 valence electrons. The molecule has 23 heavy (non-hydrogen) atoms. The van der Waals surface area contributed by atoms with E-state index in [1.165, 1.54) is 30.0 Å². The number of nitrogens with zero attached hydrogens (tertiary/aromatic N) is 2. The highest BCUT2D eigenvalue weighted by atomic mass is 16.5. The van der Waals surface area contributed by atoms with Crippen LogP contribution in [0.4, 0.5) is 5.69 Å². The summed E-state index contributed by atoms with van der Waals surface area (Å²) in [5, 5.41) is 16.0. The van der Waals surface area contributed by atoms with Crippen molar-refractivity contribution in [2.45, 2.75) is 19.8 Å².